The van der Waals surface area contributed by atoms with E-state index in [1.54, 1.807) is 16.3 Å². The molecule has 4 aliphatic heterocycles. The Bertz CT molecular complexity index is 2670. The highest BCUT2D eigenvalue weighted by Crippen LogP contribution is 2.64. The molecule has 2 fully saturated rings. The van der Waals surface area contributed by atoms with Crippen LogP contribution in [0.2, 0.25) is 19.6 Å². The molecule has 2 saturated carbocycles. The molecule has 0 saturated heterocycles. The van der Waals surface area contributed by atoms with Gasteiger partial charge in [0.2, 0.25) is 0 Å². The van der Waals surface area contributed by atoms with Gasteiger partial charge in [-0.25, -0.2) is 0 Å². The number of nitrogens with zero attached hydrogens (tertiary/aromatic N) is 3. The van der Waals surface area contributed by atoms with E-state index < -0.39 is 8.07 Å². The normalized spacial score (nSPS) is 28.6. The molecular formula is C49H52BN3Si. The molecule has 6 aliphatic rings. The summed E-state index contributed by atoms with van der Waals surface area (Å²) in [6, 6.07) is 36.7. The van der Waals surface area contributed by atoms with Crippen LogP contribution in [-0.4, -0.2) is 30.4 Å². The molecule has 0 N–H and O–H groups in total. The molecule has 5 heterocycles. The molecule has 2 aliphatic carbocycles. The van der Waals surface area contributed by atoms with Crippen LogP contribution in [0.1, 0.15) is 90.2 Å². The van der Waals surface area contributed by atoms with Crippen LogP contribution in [0.5, 0.6) is 0 Å². The molecule has 5 heteroatoms. The molecular weight excluding hydrogens is 669 g/mol. The van der Waals surface area contributed by atoms with Crippen LogP contribution >= 0.6 is 0 Å². The average molecular weight is 722 g/mol. The van der Waals surface area contributed by atoms with Crippen molar-refractivity contribution in [3.63, 3.8) is 0 Å². The van der Waals surface area contributed by atoms with E-state index in [9.17, 15) is 0 Å². The predicted octanol–water partition coefficient (Wildman–Crippen LogP) is 9.96. The van der Waals surface area contributed by atoms with Crippen molar-refractivity contribution in [2.45, 2.75) is 121 Å². The highest BCUT2D eigenvalue weighted by molar-refractivity contribution is 7.00. The van der Waals surface area contributed by atoms with Crippen molar-refractivity contribution in [1.82, 2.24) is 4.57 Å². The first-order valence-corrected chi connectivity index (χ1v) is 24.5. The zero-order valence-electron chi connectivity index (χ0n) is 33.2. The number of rotatable bonds is 2. The van der Waals surface area contributed by atoms with Gasteiger partial charge in [-0.2, -0.15) is 0 Å². The van der Waals surface area contributed by atoms with Gasteiger partial charge in [-0.05, 0) is 91.3 Å². The lowest BCUT2D eigenvalue weighted by atomic mass is 9.33. The van der Waals surface area contributed by atoms with Crippen molar-refractivity contribution in [1.29, 1.82) is 0 Å². The zero-order valence-corrected chi connectivity index (χ0v) is 34.2. The van der Waals surface area contributed by atoms with Gasteiger partial charge in [0.25, 0.3) is 6.71 Å². The number of hydrogen-bond donors (Lipinski definition) is 0. The van der Waals surface area contributed by atoms with Gasteiger partial charge in [0.05, 0.1) is 24.7 Å². The number of aromatic nitrogens is 1. The molecule has 6 aromatic rings. The Morgan fingerprint density at radius 3 is 2.00 bits per heavy atom. The lowest BCUT2D eigenvalue weighted by Gasteiger charge is -2.53. The molecule has 270 valence electrons. The maximum absolute atomic E-state index is 2.92. The summed E-state index contributed by atoms with van der Waals surface area (Å²) < 4.78 is 2.68. The predicted molar refractivity (Wildman–Crippen MR) is 234 cm³/mol. The summed E-state index contributed by atoms with van der Waals surface area (Å²) in [4.78, 5) is 5.78. The summed E-state index contributed by atoms with van der Waals surface area (Å²) >= 11 is 0. The van der Waals surface area contributed by atoms with Crippen molar-refractivity contribution in [2.75, 3.05) is 9.80 Å². The molecule has 0 spiro atoms. The first-order chi connectivity index (χ1) is 25.9. The lowest BCUT2D eigenvalue weighted by Crippen LogP contribution is -2.64. The summed E-state index contributed by atoms with van der Waals surface area (Å²) in [6.45, 7) is 18.2. The topological polar surface area (TPSA) is 11.4 Å². The van der Waals surface area contributed by atoms with Gasteiger partial charge in [0.1, 0.15) is 0 Å². The van der Waals surface area contributed by atoms with Crippen molar-refractivity contribution in [2.24, 2.45) is 0 Å². The van der Waals surface area contributed by atoms with Gasteiger partial charge < -0.3 is 14.4 Å². The number of anilines is 4. The monoisotopic (exact) mass is 721 g/mol. The standard InChI is InChI=1S/C49H52BN3Si/c1-46-24-10-13-27-49(46,4)53-42-29-31(52-40-23-22-32(54(5,6)7)30-36(40)47(2)25-11-12-26-48(47,52)3)28-41-43(42)50(38-20-15-18-35(46)45(38)53)37-19-14-17-34-33-16-8-9-21-39(33)51(41)44(34)37/h8-9,14-23,28-30H,10-13,24-27H2,1-7H3. The molecule has 12 rings (SSSR count). The van der Waals surface area contributed by atoms with E-state index in [0.717, 1.165) is 0 Å². The smallest absolute Gasteiger partial charge is 0.252 e. The van der Waals surface area contributed by atoms with E-state index in [2.05, 4.69) is 153 Å². The maximum Gasteiger partial charge on any atom is 0.252 e. The van der Waals surface area contributed by atoms with Crippen LogP contribution in [-0.2, 0) is 10.8 Å². The molecule has 0 bridgehead atoms. The van der Waals surface area contributed by atoms with Crippen LogP contribution in [0, 0.1) is 0 Å². The van der Waals surface area contributed by atoms with Gasteiger partial charge >= 0.3 is 0 Å². The molecule has 5 aromatic carbocycles. The molecule has 4 atom stereocenters. The van der Waals surface area contributed by atoms with E-state index in [1.807, 2.05) is 0 Å². The highest BCUT2D eigenvalue weighted by Gasteiger charge is 2.62. The van der Waals surface area contributed by atoms with Crippen LogP contribution < -0.4 is 31.4 Å². The molecule has 0 radical (unpaired) electrons. The summed E-state index contributed by atoms with van der Waals surface area (Å²) in [5, 5.41) is 4.32. The summed E-state index contributed by atoms with van der Waals surface area (Å²) in [7, 11) is -1.51. The second kappa shape index (κ2) is 9.95. The maximum atomic E-state index is 2.92. The highest BCUT2D eigenvalue weighted by atomic mass is 28.3. The third-order valence-corrected chi connectivity index (χ3v) is 18.7. The van der Waals surface area contributed by atoms with Gasteiger partial charge in [0.15, 0.2) is 0 Å². The first kappa shape index (κ1) is 32.1. The minimum absolute atomic E-state index is 0.00447. The fourth-order valence-corrected chi connectivity index (χ4v) is 14.6. The molecule has 4 unspecified atom stereocenters. The number of hydrogen-bond acceptors (Lipinski definition) is 2. The zero-order chi connectivity index (χ0) is 36.7. The Morgan fingerprint density at radius 1 is 0.574 bits per heavy atom. The van der Waals surface area contributed by atoms with Gasteiger partial charge in [-0.15, -0.1) is 0 Å². The van der Waals surface area contributed by atoms with Crippen LogP contribution in [0.25, 0.3) is 27.5 Å². The fraction of sp³-hybridized carbons (Fsp3) is 0.388. The lowest BCUT2D eigenvalue weighted by molar-refractivity contribution is 0.194. The van der Waals surface area contributed by atoms with E-state index in [4.69, 9.17) is 0 Å². The van der Waals surface area contributed by atoms with Gasteiger partial charge in [0, 0.05) is 55.6 Å². The molecule has 54 heavy (non-hydrogen) atoms. The average Bonchev–Trinajstić information content (AvgIpc) is 3.69. The van der Waals surface area contributed by atoms with Crippen molar-refractivity contribution in [3.05, 3.63) is 102 Å². The fourth-order valence-electron chi connectivity index (χ4n) is 13.4. The second-order valence-electron chi connectivity index (χ2n) is 19.9. The largest absolute Gasteiger partial charge is 0.335 e. The molecule has 3 nitrogen and oxygen atoms in total. The van der Waals surface area contributed by atoms with Crippen molar-refractivity contribution >= 4 is 80.9 Å². The van der Waals surface area contributed by atoms with Crippen LogP contribution in [0.4, 0.5) is 22.7 Å². The van der Waals surface area contributed by atoms with Crippen molar-refractivity contribution in [3.8, 4) is 5.69 Å². The van der Waals surface area contributed by atoms with Crippen molar-refractivity contribution < 1.29 is 0 Å². The number of fused-ring (bicyclic) bond motifs is 13. The Kier molecular flexibility index (Phi) is 5.91. The minimum atomic E-state index is -1.51. The van der Waals surface area contributed by atoms with Crippen LogP contribution in [0.3, 0.4) is 0 Å². The summed E-state index contributed by atoms with van der Waals surface area (Å²) in [5.41, 5.74) is 17.7. The van der Waals surface area contributed by atoms with Gasteiger partial charge in [-0.1, -0.05) is 131 Å². The van der Waals surface area contributed by atoms with E-state index in [1.165, 1.54) is 118 Å². The van der Waals surface area contributed by atoms with E-state index in [0.29, 0.717) is 0 Å². The van der Waals surface area contributed by atoms with Crippen LogP contribution in [0.15, 0.2) is 91.0 Å². The second-order valence-corrected chi connectivity index (χ2v) is 25.0. The van der Waals surface area contributed by atoms with E-state index in [-0.39, 0.29) is 28.6 Å². The van der Waals surface area contributed by atoms with Gasteiger partial charge in [-0.3, -0.25) is 0 Å². The van der Waals surface area contributed by atoms with E-state index >= 15 is 0 Å². The molecule has 1 aromatic heterocycles. The molecule has 0 amide bonds. The Morgan fingerprint density at radius 2 is 1.22 bits per heavy atom. The third-order valence-electron chi connectivity index (χ3n) is 16.6. The summed E-state index contributed by atoms with van der Waals surface area (Å²) in [5.74, 6) is 0. The SMILES string of the molecule is CC12CCCCC1(C)N(c1cc3c4c(c1)-n1c5ccccc5c5cccc(c51)B4c1cccc4c1N3C1(C)CCCCC41C)c1ccc([Si](C)(C)C)cc12. The first-order valence-electron chi connectivity index (χ1n) is 21.0. The summed E-state index contributed by atoms with van der Waals surface area (Å²) in [6.07, 6.45) is 10.1. The quantitative estimate of drug-likeness (QED) is 0.165. The number of para-hydroxylation sites is 3. The third kappa shape index (κ3) is 3.46. The minimum Gasteiger partial charge on any atom is -0.335 e. The Balaban J connectivity index is 1.22. The number of benzene rings is 5. The Hall–Kier alpha value is -4.22. The Labute approximate surface area is 322 Å².